The van der Waals surface area contributed by atoms with Gasteiger partial charge in [-0.25, -0.2) is 0 Å². The zero-order valence-corrected chi connectivity index (χ0v) is 9.25. The van der Waals surface area contributed by atoms with Gasteiger partial charge >= 0.3 is 0 Å². The number of aliphatic hydroxyl groups is 1. The average Bonchev–Trinajstić information content (AvgIpc) is 2.44. The summed E-state index contributed by atoms with van der Waals surface area (Å²) in [4.78, 5) is 0. The van der Waals surface area contributed by atoms with E-state index in [4.69, 9.17) is 22.4 Å². The summed E-state index contributed by atoms with van der Waals surface area (Å²) in [5.74, 6) is 0. The molecule has 1 atom stereocenters. The lowest BCUT2D eigenvalue weighted by Gasteiger charge is -2.21. The van der Waals surface area contributed by atoms with E-state index in [1.54, 1.807) is 10.9 Å². The number of aryl methyl sites for hydroxylation is 2. The normalized spacial score (nSPS) is 15.5. The molecule has 1 aromatic rings. The van der Waals surface area contributed by atoms with Crippen LogP contribution in [0, 0.1) is 6.92 Å². The van der Waals surface area contributed by atoms with Crippen LogP contribution in [0.2, 0.25) is 5.02 Å². The minimum Gasteiger partial charge on any atom is -0.394 e. The van der Waals surface area contributed by atoms with Crippen LogP contribution in [0.15, 0.2) is 6.20 Å². The number of nitrogens with zero attached hydrogens (tertiary/aromatic N) is 2. The molecule has 1 rings (SSSR count). The van der Waals surface area contributed by atoms with E-state index in [0.717, 1.165) is 5.69 Å². The van der Waals surface area contributed by atoms with Gasteiger partial charge in [0.25, 0.3) is 0 Å². The number of hydrogen-bond donors (Lipinski definition) is 2. The van der Waals surface area contributed by atoms with Crippen LogP contribution < -0.4 is 5.73 Å². The third-order valence-corrected chi connectivity index (χ3v) is 2.53. The van der Waals surface area contributed by atoms with Crippen molar-refractivity contribution < 1.29 is 5.11 Å². The van der Waals surface area contributed by atoms with Crippen molar-refractivity contribution in [2.75, 3.05) is 6.61 Å². The largest absolute Gasteiger partial charge is 0.394 e. The Bertz CT molecular complexity index is 290. The Balaban J connectivity index is 2.54. The van der Waals surface area contributed by atoms with Gasteiger partial charge in [0.1, 0.15) is 0 Å². The highest BCUT2D eigenvalue weighted by molar-refractivity contribution is 6.31. The fourth-order valence-electron chi connectivity index (χ4n) is 1.06. The number of hydrogen-bond acceptors (Lipinski definition) is 3. The van der Waals surface area contributed by atoms with Gasteiger partial charge in [-0.1, -0.05) is 11.6 Å². The second-order valence-electron chi connectivity index (χ2n) is 3.89. The molecule has 1 aromatic heterocycles. The summed E-state index contributed by atoms with van der Waals surface area (Å²) >= 11 is 5.85. The zero-order valence-electron chi connectivity index (χ0n) is 8.50. The summed E-state index contributed by atoms with van der Waals surface area (Å²) in [5, 5.41) is 13.8. The Kier molecular flexibility index (Phi) is 3.53. The van der Waals surface area contributed by atoms with Crippen LogP contribution in [0.4, 0.5) is 0 Å². The minimum atomic E-state index is -0.549. The summed E-state index contributed by atoms with van der Waals surface area (Å²) in [6, 6.07) is 0. The summed E-state index contributed by atoms with van der Waals surface area (Å²) in [5.41, 5.74) is 6.05. The fraction of sp³-hybridized carbons (Fsp3) is 0.667. The van der Waals surface area contributed by atoms with Gasteiger partial charge in [-0.05, 0) is 20.3 Å². The minimum absolute atomic E-state index is 0.0268. The number of aliphatic hydroxyl groups excluding tert-OH is 1. The summed E-state index contributed by atoms with van der Waals surface area (Å²) < 4.78 is 1.75. The van der Waals surface area contributed by atoms with E-state index >= 15 is 0 Å². The molecule has 0 amide bonds. The maximum atomic E-state index is 8.95. The maximum Gasteiger partial charge on any atom is 0.0814 e. The van der Waals surface area contributed by atoms with Crippen LogP contribution in [-0.2, 0) is 6.54 Å². The topological polar surface area (TPSA) is 64.1 Å². The molecule has 0 fully saturated rings. The van der Waals surface area contributed by atoms with E-state index < -0.39 is 5.54 Å². The summed E-state index contributed by atoms with van der Waals surface area (Å²) in [6.07, 6.45) is 2.44. The zero-order chi connectivity index (χ0) is 10.8. The second kappa shape index (κ2) is 4.29. The first-order valence-electron chi connectivity index (χ1n) is 4.54. The molecule has 0 saturated carbocycles. The average molecular weight is 218 g/mol. The van der Waals surface area contributed by atoms with E-state index in [1.807, 2.05) is 13.8 Å². The molecule has 0 aliphatic rings. The van der Waals surface area contributed by atoms with Crippen molar-refractivity contribution in [3.05, 3.63) is 16.9 Å². The van der Waals surface area contributed by atoms with Gasteiger partial charge in [0.15, 0.2) is 0 Å². The molecule has 0 bridgehead atoms. The van der Waals surface area contributed by atoms with Crippen LogP contribution in [0.25, 0.3) is 0 Å². The highest BCUT2D eigenvalue weighted by Gasteiger charge is 2.16. The van der Waals surface area contributed by atoms with Crippen LogP contribution in [0.1, 0.15) is 19.0 Å². The number of rotatable bonds is 4. The first-order valence-corrected chi connectivity index (χ1v) is 4.92. The number of halogens is 1. The third kappa shape index (κ3) is 2.97. The maximum absolute atomic E-state index is 8.95. The van der Waals surface area contributed by atoms with E-state index in [1.165, 1.54) is 0 Å². The lowest BCUT2D eigenvalue weighted by atomic mass is 10.0. The van der Waals surface area contributed by atoms with E-state index in [0.29, 0.717) is 18.0 Å². The van der Waals surface area contributed by atoms with Crippen LogP contribution in [-0.4, -0.2) is 27.0 Å². The lowest BCUT2D eigenvalue weighted by molar-refractivity contribution is 0.194. The number of nitrogens with two attached hydrogens (primary N) is 1. The molecule has 0 saturated heterocycles. The van der Waals surface area contributed by atoms with Crippen molar-refractivity contribution in [3.63, 3.8) is 0 Å². The molecule has 0 aromatic carbocycles. The molecule has 1 unspecified atom stereocenters. The molecule has 0 radical (unpaired) electrons. The summed E-state index contributed by atoms with van der Waals surface area (Å²) in [6.45, 7) is 4.31. The van der Waals surface area contributed by atoms with Gasteiger partial charge in [0, 0.05) is 18.3 Å². The van der Waals surface area contributed by atoms with Gasteiger partial charge in [-0.2, -0.15) is 5.10 Å². The summed E-state index contributed by atoms with van der Waals surface area (Å²) in [7, 11) is 0. The van der Waals surface area contributed by atoms with Crippen molar-refractivity contribution in [1.82, 2.24) is 9.78 Å². The monoisotopic (exact) mass is 217 g/mol. The molecule has 0 aliphatic carbocycles. The molecule has 0 aliphatic heterocycles. The van der Waals surface area contributed by atoms with Gasteiger partial charge in [0.05, 0.1) is 17.3 Å². The first-order chi connectivity index (χ1) is 6.44. The van der Waals surface area contributed by atoms with Crippen LogP contribution >= 0.6 is 11.6 Å². The molecule has 80 valence electrons. The van der Waals surface area contributed by atoms with E-state index in [-0.39, 0.29) is 6.61 Å². The van der Waals surface area contributed by atoms with Gasteiger partial charge in [-0.3, -0.25) is 4.68 Å². The molecule has 3 N–H and O–H groups in total. The SMILES string of the molecule is Cc1nn(CCC(C)(N)CO)cc1Cl. The smallest absolute Gasteiger partial charge is 0.0814 e. The standard InChI is InChI=1S/C9H16ClN3O/c1-7-8(10)5-13(12-7)4-3-9(2,11)6-14/h5,14H,3-4,6,11H2,1-2H3. The van der Waals surface area contributed by atoms with E-state index in [9.17, 15) is 0 Å². The quantitative estimate of drug-likeness (QED) is 0.789. The molecular weight excluding hydrogens is 202 g/mol. The molecule has 1 heterocycles. The Morgan fingerprint density at radius 2 is 2.36 bits per heavy atom. The Hall–Kier alpha value is -0.580. The van der Waals surface area contributed by atoms with E-state index in [2.05, 4.69) is 5.10 Å². The Labute approximate surface area is 88.7 Å². The van der Waals surface area contributed by atoms with Crippen LogP contribution in [0.3, 0.4) is 0 Å². The first kappa shape index (κ1) is 11.5. The molecule has 4 nitrogen and oxygen atoms in total. The highest BCUT2D eigenvalue weighted by Crippen LogP contribution is 2.13. The third-order valence-electron chi connectivity index (χ3n) is 2.16. The predicted molar refractivity (Wildman–Crippen MR) is 56.3 cm³/mol. The molecule has 5 heteroatoms. The number of aromatic nitrogens is 2. The fourth-order valence-corrected chi connectivity index (χ4v) is 1.21. The van der Waals surface area contributed by atoms with Gasteiger partial charge in [0.2, 0.25) is 0 Å². The molecule has 14 heavy (non-hydrogen) atoms. The predicted octanol–water partition coefficient (Wildman–Crippen LogP) is 0.945. The van der Waals surface area contributed by atoms with Crippen molar-refractivity contribution in [2.24, 2.45) is 5.73 Å². The Morgan fingerprint density at radius 1 is 1.71 bits per heavy atom. The lowest BCUT2D eigenvalue weighted by Crippen LogP contribution is -2.41. The molecular formula is C9H16ClN3O. The highest BCUT2D eigenvalue weighted by atomic mass is 35.5. The molecule has 0 spiro atoms. The van der Waals surface area contributed by atoms with Crippen molar-refractivity contribution in [1.29, 1.82) is 0 Å². The van der Waals surface area contributed by atoms with Crippen LogP contribution in [0.5, 0.6) is 0 Å². The van der Waals surface area contributed by atoms with Gasteiger partial charge in [-0.15, -0.1) is 0 Å². The van der Waals surface area contributed by atoms with Crippen molar-refractivity contribution in [2.45, 2.75) is 32.4 Å². The Morgan fingerprint density at radius 3 is 2.79 bits per heavy atom. The second-order valence-corrected chi connectivity index (χ2v) is 4.29. The van der Waals surface area contributed by atoms with Crippen molar-refractivity contribution >= 4 is 11.6 Å². The van der Waals surface area contributed by atoms with Gasteiger partial charge < -0.3 is 10.8 Å². The van der Waals surface area contributed by atoms with Crippen molar-refractivity contribution in [3.8, 4) is 0 Å².